The Morgan fingerprint density at radius 2 is 2.33 bits per heavy atom. The van der Waals surface area contributed by atoms with Crippen LogP contribution < -0.4 is 0 Å². The van der Waals surface area contributed by atoms with Crippen LogP contribution in [0, 0.1) is 0 Å². The van der Waals surface area contributed by atoms with Crippen LogP contribution in [-0.2, 0) is 0 Å². The predicted molar refractivity (Wildman–Crippen MR) is 42.4 cm³/mol. The third kappa shape index (κ3) is 5.77. The zero-order valence-electron chi connectivity index (χ0n) is 5.40. The van der Waals surface area contributed by atoms with Crippen LogP contribution in [0.2, 0.25) is 0 Å². The van der Waals surface area contributed by atoms with E-state index in [2.05, 4.69) is 15.9 Å². The highest BCUT2D eigenvalue weighted by Gasteiger charge is 1.82. The van der Waals surface area contributed by atoms with Gasteiger partial charge in [-0.3, -0.25) is 0 Å². The van der Waals surface area contributed by atoms with Crippen molar-refractivity contribution < 1.29 is 4.39 Å². The van der Waals surface area contributed by atoms with Crippen molar-refractivity contribution in [3.8, 4) is 0 Å². The van der Waals surface area contributed by atoms with E-state index in [1.165, 1.54) is 0 Å². The maximum Gasteiger partial charge on any atom is 0.121 e. The van der Waals surface area contributed by atoms with Gasteiger partial charge in [-0.05, 0) is 12.5 Å². The first kappa shape index (κ1) is 8.89. The van der Waals surface area contributed by atoms with Crippen molar-refractivity contribution in [2.75, 3.05) is 6.67 Å². The molecule has 0 rings (SSSR count). The summed E-state index contributed by atoms with van der Waals surface area (Å²) >= 11 is 3.04. The van der Waals surface area contributed by atoms with Crippen molar-refractivity contribution in [3.05, 3.63) is 22.7 Å². The van der Waals surface area contributed by atoms with Gasteiger partial charge in [0.1, 0.15) is 6.67 Å². The molecule has 0 fully saturated rings. The van der Waals surface area contributed by atoms with Gasteiger partial charge in [0, 0.05) is 4.48 Å². The van der Waals surface area contributed by atoms with E-state index in [1.807, 2.05) is 19.1 Å². The highest BCUT2D eigenvalue weighted by molar-refractivity contribution is 9.11. The van der Waals surface area contributed by atoms with Gasteiger partial charge < -0.3 is 0 Å². The van der Waals surface area contributed by atoms with Crippen LogP contribution in [0.25, 0.3) is 0 Å². The first-order valence-electron chi connectivity index (χ1n) is 2.88. The van der Waals surface area contributed by atoms with Crippen LogP contribution in [0.1, 0.15) is 13.3 Å². The summed E-state index contributed by atoms with van der Waals surface area (Å²) < 4.78 is 12.3. The molecule has 0 aliphatic heterocycles. The van der Waals surface area contributed by atoms with Gasteiger partial charge in [-0.1, -0.05) is 35.0 Å². The van der Waals surface area contributed by atoms with Crippen LogP contribution in [0.5, 0.6) is 0 Å². The first-order chi connectivity index (χ1) is 4.31. The molecular weight excluding hydrogens is 183 g/mol. The zero-order valence-corrected chi connectivity index (χ0v) is 6.99. The number of rotatable bonds is 3. The molecule has 0 aliphatic carbocycles. The fourth-order valence-electron chi connectivity index (χ4n) is 0.353. The summed E-state index contributed by atoms with van der Waals surface area (Å²) in [6.07, 6.45) is 6.51. The van der Waals surface area contributed by atoms with Gasteiger partial charge in [0.05, 0.1) is 0 Å². The second-order valence-corrected chi connectivity index (χ2v) is 2.60. The molecule has 9 heavy (non-hydrogen) atoms. The molecule has 0 saturated carbocycles. The molecule has 0 saturated heterocycles. The molecule has 52 valence electrons. The van der Waals surface area contributed by atoms with Gasteiger partial charge >= 0.3 is 0 Å². The van der Waals surface area contributed by atoms with Crippen molar-refractivity contribution in [2.24, 2.45) is 0 Å². The third-order valence-corrected chi connectivity index (χ3v) is 1.25. The average molecular weight is 193 g/mol. The van der Waals surface area contributed by atoms with Crippen molar-refractivity contribution >= 4 is 15.9 Å². The smallest absolute Gasteiger partial charge is 0.121 e. The van der Waals surface area contributed by atoms with E-state index >= 15 is 0 Å². The molecule has 0 amide bonds. The van der Waals surface area contributed by atoms with Gasteiger partial charge in [0.25, 0.3) is 0 Å². The Hall–Kier alpha value is -0.110. The summed E-state index contributed by atoms with van der Waals surface area (Å²) in [4.78, 5) is 0. The Balaban J connectivity index is 3.55. The minimum atomic E-state index is -0.423. The first-order valence-corrected chi connectivity index (χ1v) is 3.67. The summed E-state index contributed by atoms with van der Waals surface area (Å²) in [6, 6.07) is 0. The molecule has 0 N–H and O–H groups in total. The van der Waals surface area contributed by atoms with E-state index in [9.17, 15) is 4.39 Å². The quantitative estimate of drug-likeness (QED) is 0.603. The molecule has 0 unspecified atom stereocenters. The van der Waals surface area contributed by atoms with E-state index in [4.69, 9.17) is 0 Å². The van der Waals surface area contributed by atoms with Crippen LogP contribution in [0.3, 0.4) is 0 Å². The minimum Gasteiger partial charge on any atom is -0.245 e. The summed E-state index contributed by atoms with van der Waals surface area (Å²) in [7, 11) is 0. The summed E-state index contributed by atoms with van der Waals surface area (Å²) in [6.45, 7) is 1.61. The standard InChI is InChI=1S/C7H10BrF/c1-2-3-4-5-7(8)6-9/h3-5H,2,6H2,1H3. The number of halogens is 2. The van der Waals surface area contributed by atoms with Crippen molar-refractivity contribution in [1.29, 1.82) is 0 Å². The minimum absolute atomic E-state index is 0.423. The molecule has 0 aromatic rings. The Morgan fingerprint density at radius 3 is 2.78 bits per heavy atom. The number of allylic oxidation sites excluding steroid dienone is 4. The van der Waals surface area contributed by atoms with E-state index in [1.54, 1.807) is 6.08 Å². The Kier molecular flexibility index (Phi) is 5.94. The SMILES string of the molecule is CCC=CC=C(Br)CF. The number of hydrogen-bond acceptors (Lipinski definition) is 0. The fourth-order valence-corrected chi connectivity index (χ4v) is 0.506. The van der Waals surface area contributed by atoms with E-state index in [0.717, 1.165) is 6.42 Å². The molecule has 0 bridgehead atoms. The monoisotopic (exact) mass is 192 g/mol. The normalized spacial score (nSPS) is 13.0. The van der Waals surface area contributed by atoms with E-state index in [0.29, 0.717) is 4.48 Å². The zero-order chi connectivity index (χ0) is 7.11. The van der Waals surface area contributed by atoms with Crippen LogP contribution in [0.15, 0.2) is 22.7 Å². The Morgan fingerprint density at radius 1 is 1.67 bits per heavy atom. The molecule has 0 aliphatic rings. The molecule has 0 heterocycles. The molecule has 0 aromatic carbocycles. The molecule has 2 heteroatoms. The van der Waals surface area contributed by atoms with Crippen molar-refractivity contribution in [2.45, 2.75) is 13.3 Å². The largest absolute Gasteiger partial charge is 0.245 e. The highest BCUT2D eigenvalue weighted by atomic mass is 79.9. The Labute approximate surface area is 63.6 Å². The molecule has 0 aromatic heterocycles. The molecule has 0 atom stereocenters. The van der Waals surface area contributed by atoms with Gasteiger partial charge in [-0.15, -0.1) is 0 Å². The fraction of sp³-hybridized carbons (Fsp3) is 0.429. The van der Waals surface area contributed by atoms with E-state index < -0.39 is 6.67 Å². The molecule has 0 radical (unpaired) electrons. The summed E-state index contributed by atoms with van der Waals surface area (Å²) in [5, 5.41) is 0. The Bertz CT molecular complexity index is 116. The molecule has 0 nitrogen and oxygen atoms in total. The second kappa shape index (κ2) is 6.02. The lowest BCUT2D eigenvalue weighted by Gasteiger charge is -1.82. The molecular formula is C7H10BrF. The highest BCUT2D eigenvalue weighted by Crippen LogP contribution is 2.04. The maximum absolute atomic E-state index is 11.7. The average Bonchev–Trinajstić information content (AvgIpc) is 1.89. The topological polar surface area (TPSA) is 0 Å². The van der Waals surface area contributed by atoms with Crippen molar-refractivity contribution in [1.82, 2.24) is 0 Å². The second-order valence-electron chi connectivity index (χ2n) is 1.58. The van der Waals surface area contributed by atoms with Gasteiger partial charge in [0.15, 0.2) is 0 Å². The van der Waals surface area contributed by atoms with Gasteiger partial charge in [-0.25, -0.2) is 4.39 Å². The number of hydrogen-bond donors (Lipinski definition) is 0. The third-order valence-electron chi connectivity index (χ3n) is 0.777. The van der Waals surface area contributed by atoms with Gasteiger partial charge in [0.2, 0.25) is 0 Å². The summed E-state index contributed by atoms with van der Waals surface area (Å²) in [5.74, 6) is 0. The lowest BCUT2D eigenvalue weighted by atomic mass is 10.4. The van der Waals surface area contributed by atoms with Crippen LogP contribution in [-0.4, -0.2) is 6.67 Å². The van der Waals surface area contributed by atoms with Crippen LogP contribution in [0.4, 0.5) is 4.39 Å². The lowest BCUT2D eigenvalue weighted by molar-refractivity contribution is 0.558. The predicted octanol–water partition coefficient (Wildman–Crippen LogP) is 3.20. The van der Waals surface area contributed by atoms with Gasteiger partial charge in [-0.2, -0.15) is 0 Å². The summed E-state index contributed by atoms with van der Waals surface area (Å²) in [5.41, 5.74) is 0. The number of alkyl halides is 1. The maximum atomic E-state index is 11.7. The lowest BCUT2D eigenvalue weighted by Crippen LogP contribution is -1.68. The van der Waals surface area contributed by atoms with E-state index in [-0.39, 0.29) is 0 Å². The molecule has 0 spiro atoms. The van der Waals surface area contributed by atoms with Crippen molar-refractivity contribution in [3.63, 3.8) is 0 Å². The van der Waals surface area contributed by atoms with Crippen LogP contribution >= 0.6 is 15.9 Å².